The van der Waals surface area contributed by atoms with Crippen LogP contribution in [0.25, 0.3) is 11.2 Å². The molecule has 0 unspecified atom stereocenters. The summed E-state index contributed by atoms with van der Waals surface area (Å²) < 4.78 is 11.2. The molecule has 2 aromatic rings. The van der Waals surface area contributed by atoms with Crippen molar-refractivity contribution in [2.75, 3.05) is 18.5 Å². The maximum Gasteiger partial charge on any atom is 0.410 e. The number of aromatic nitrogens is 4. The Kier molecular flexibility index (Phi) is 7.59. The first kappa shape index (κ1) is 26.0. The van der Waals surface area contributed by atoms with E-state index < -0.39 is 54.8 Å². The highest BCUT2D eigenvalue weighted by Gasteiger charge is 2.45. The standard InChI is InChI=1S/C22H33N7O7/c1-22(2,3)36-21(34)29-6-4-5-11(29)7-13(31)27-14-12(8-30)35-20(17(33)16(14)32)28-19-15-18(24-9-23-15)25-10-26-19/h9-12,14,16-17,20,30,32-33H,4-8H2,1-3H3,(H,27,31)(H2,23,24,25,26,28)/t11-,12+,14+,16-,17+,20+/m1/s1. The van der Waals surface area contributed by atoms with E-state index in [4.69, 9.17) is 9.47 Å². The summed E-state index contributed by atoms with van der Waals surface area (Å²) in [5.41, 5.74) is 0.222. The molecule has 14 nitrogen and oxygen atoms in total. The van der Waals surface area contributed by atoms with E-state index in [-0.39, 0.29) is 18.3 Å². The number of carbonyl (C=O) groups is 2. The number of rotatable bonds is 6. The third-order valence-electron chi connectivity index (χ3n) is 6.19. The van der Waals surface area contributed by atoms with Crippen LogP contribution in [0.5, 0.6) is 0 Å². The first-order chi connectivity index (χ1) is 17.1. The van der Waals surface area contributed by atoms with E-state index in [0.29, 0.717) is 24.1 Å². The van der Waals surface area contributed by atoms with Crippen molar-refractivity contribution in [2.24, 2.45) is 0 Å². The summed E-state index contributed by atoms with van der Waals surface area (Å²) in [5.74, 6) is -0.161. The summed E-state index contributed by atoms with van der Waals surface area (Å²) in [6.45, 7) is 5.29. The molecule has 6 atom stereocenters. The van der Waals surface area contributed by atoms with Crippen LogP contribution in [0.3, 0.4) is 0 Å². The van der Waals surface area contributed by atoms with Gasteiger partial charge in [0.15, 0.2) is 17.7 Å². The minimum absolute atomic E-state index is 0.0167. The van der Waals surface area contributed by atoms with E-state index in [9.17, 15) is 24.9 Å². The lowest BCUT2D eigenvalue weighted by Gasteiger charge is -2.43. The maximum absolute atomic E-state index is 12.9. The van der Waals surface area contributed by atoms with Crippen LogP contribution in [0, 0.1) is 0 Å². The fourth-order valence-electron chi connectivity index (χ4n) is 4.50. The predicted molar refractivity (Wildman–Crippen MR) is 126 cm³/mol. The number of imidazole rings is 1. The largest absolute Gasteiger partial charge is 0.444 e. The number of carbonyl (C=O) groups excluding carboxylic acids is 2. The fourth-order valence-corrected chi connectivity index (χ4v) is 4.50. The van der Waals surface area contributed by atoms with Crippen molar-refractivity contribution in [1.82, 2.24) is 30.2 Å². The molecular formula is C22H33N7O7. The number of fused-ring (bicyclic) bond motifs is 1. The Bertz CT molecular complexity index is 1070. The number of anilines is 1. The Balaban J connectivity index is 1.39. The molecule has 0 spiro atoms. The highest BCUT2D eigenvalue weighted by Crippen LogP contribution is 2.26. The van der Waals surface area contributed by atoms with E-state index in [1.807, 2.05) is 0 Å². The summed E-state index contributed by atoms with van der Waals surface area (Å²) in [6, 6.07) is -1.44. The topological polar surface area (TPSA) is 195 Å². The third kappa shape index (κ3) is 5.67. The first-order valence-corrected chi connectivity index (χ1v) is 11.9. The minimum Gasteiger partial charge on any atom is -0.444 e. The molecule has 0 saturated carbocycles. The number of nitrogens with one attached hydrogen (secondary N) is 3. The van der Waals surface area contributed by atoms with Crippen LogP contribution in [0.4, 0.5) is 10.6 Å². The Morgan fingerprint density at radius 2 is 2.03 bits per heavy atom. The zero-order valence-corrected chi connectivity index (χ0v) is 20.4. The molecule has 4 heterocycles. The Hall–Kier alpha value is -3.07. The van der Waals surface area contributed by atoms with Gasteiger partial charge in [-0.05, 0) is 33.6 Å². The highest BCUT2D eigenvalue weighted by molar-refractivity contribution is 5.82. The van der Waals surface area contributed by atoms with E-state index in [0.717, 1.165) is 6.42 Å². The number of likely N-dealkylation sites (tertiary alicyclic amines) is 1. The third-order valence-corrected chi connectivity index (χ3v) is 6.19. The summed E-state index contributed by atoms with van der Waals surface area (Å²) in [6.07, 6.45) is -1.47. The van der Waals surface area contributed by atoms with Gasteiger partial charge in [0.1, 0.15) is 35.8 Å². The number of aliphatic hydroxyl groups excluding tert-OH is 3. The van der Waals surface area contributed by atoms with Crippen LogP contribution in [-0.4, -0.2) is 108 Å². The average Bonchev–Trinajstić information content (AvgIpc) is 3.47. The number of ether oxygens (including phenoxy) is 2. The predicted octanol–water partition coefficient (Wildman–Crippen LogP) is -0.522. The van der Waals surface area contributed by atoms with Gasteiger partial charge in [0.25, 0.3) is 0 Å². The molecule has 2 saturated heterocycles. The molecule has 198 valence electrons. The zero-order valence-electron chi connectivity index (χ0n) is 20.4. The van der Waals surface area contributed by atoms with Crippen LogP contribution in [-0.2, 0) is 14.3 Å². The number of amides is 2. The van der Waals surface area contributed by atoms with Gasteiger partial charge in [-0.25, -0.2) is 19.7 Å². The number of aromatic amines is 1. The second-order valence-electron chi connectivity index (χ2n) is 9.99. The zero-order chi connectivity index (χ0) is 26.0. The Morgan fingerprint density at radius 1 is 1.25 bits per heavy atom. The van der Waals surface area contributed by atoms with Crippen LogP contribution >= 0.6 is 0 Å². The van der Waals surface area contributed by atoms with Gasteiger partial charge >= 0.3 is 6.09 Å². The van der Waals surface area contributed by atoms with Crippen molar-refractivity contribution in [2.45, 2.75) is 82.3 Å². The van der Waals surface area contributed by atoms with Gasteiger partial charge in [-0.3, -0.25) is 4.79 Å². The van der Waals surface area contributed by atoms with Gasteiger partial charge < -0.3 is 45.3 Å². The van der Waals surface area contributed by atoms with Crippen LogP contribution in [0.1, 0.15) is 40.0 Å². The van der Waals surface area contributed by atoms with E-state index in [2.05, 4.69) is 30.6 Å². The van der Waals surface area contributed by atoms with Gasteiger partial charge in [0.05, 0.1) is 19.0 Å². The van der Waals surface area contributed by atoms with Gasteiger partial charge in [-0.2, -0.15) is 0 Å². The number of aliphatic hydroxyl groups is 3. The Labute approximate surface area is 207 Å². The lowest BCUT2D eigenvalue weighted by Crippen LogP contribution is -2.66. The first-order valence-electron chi connectivity index (χ1n) is 11.9. The molecule has 0 radical (unpaired) electrons. The van der Waals surface area contributed by atoms with E-state index in [1.54, 1.807) is 20.8 Å². The summed E-state index contributed by atoms with van der Waals surface area (Å²) in [4.78, 5) is 42.0. The number of nitrogens with zero attached hydrogens (tertiary/aromatic N) is 4. The molecule has 0 aromatic carbocycles. The molecule has 6 N–H and O–H groups in total. The molecule has 0 aliphatic carbocycles. The molecule has 2 amide bonds. The molecule has 4 rings (SSSR count). The molecule has 36 heavy (non-hydrogen) atoms. The second kappa shape index (κ2) is 10.5. The van der Waals surface area contributed by atoms with Crippen molar-refractivity contribution >= 4 is 29.0 Å². The van der Waals surface area contributed by atoms with Crippen LogP contribution < -0.4 is 10.6 Å². The molecule has 2 aromatic heterocycles. The normalized spacial score (nSPS) is 28.8. The monoisotopic (exact) mass is 507 g/mol. The van der Waals surface area contributed by atoms with E-state index >= 15 is 0 Å². The molecule has 0 bridgehead atoms. The molecule has 2 fully saturated rings. The fraction of sp³-hybridized carbons (Fsp3) is 0.682. The van der Waals surface area contributed by atoms with E-state index in [1.165, 1.54) is 17.6 Å². The van der Waals surface area contributed by atoms with Gasteiger partial charge in [-0.15, -0.1) is 0 Å². The smallest absolute Gasteiger partial charge is 0.410 e. The second-order valence-corrected chi connectivity index (χ2v) is 9.99. The number of hydrogen-bond acceptors (Lipinski definition) is 11. The van der Waals surface area contributed by atoms with Crippen molar-refractivity contribution in [3.05, 3.63) is 12.7 Å². The summed E-state index contributed by atoms with van der Waals surface area (Å²) in [5, 5.41) is 37.0. The lowest BCUT2D eigenvalue weighted by atomic mass is 9.95. The quantitative estimate of drug-likeness (QED) is 0.294. The maximum atomic E-state index is 12.9. The van der Waals surface area contributed by atoms with Gasteiger partial charge in [0, 0.05) is 19.0 Å². The van der Waals surface area contributed by atoms with Crippen molar-refractivity contribution in [1.29, 1.82) is 0 Å². The summed E-state index contributed by atoms with van der Waals surface area (Å²) in [7, 11) is 0. The molecule has 2 aliphatic heterocycles. The molecular weight excluding hydrogens is 474 g/mol. The van der Waals surface area contributed by atoms with Crippen molar-refractivity contribution in [3.8, 4) is 0 Å². The number of H-pyrrole nitrogens is 1. The molecule has 14 heteroatoms. The van der Waals surface area contributed by atoms with Crippen LogP contribution in [0.15, 0.2) is 12.7 Å². The van der Waals surface area contributed by atoms with Crippen molar-refractivity contribution in [3.63, 3.8) is 0 Å². The summed E-state index contributed by atoms with van der Waals surface area (Å²) >= 11 is 0. The molecule has 2 aliphatic rings. The average molecular weight is 508 g/mol. The SMILES string of the molecule is CC(C)(C)OC(=O)N1CCC[C@@H]1CC(=O)N[C@@H]1[C@@H](O)[C@H](O)[C@@H](Nc2ncnc3nc[nH]c23)O[C@H]1CO. The van der Waals surface area contributed by atoms with Crippen LogP contribution in [0.2, 0.25) is 0 Å². The lowest BCUT2D eigenvalue weighted by molar-refractivity contribution is -0.185. The minimum atomic E-state index is -1.46. The highest BCUT2D eigenvalue weighted by atomic mass is 16.6. The number of hydrogen-bond donors (Lipinski definition) is 6. The Morgan fingerprint density at radius 3 is 2.75 bits per heavy atom. The van der Waals surface area contributed by atoms with Gasteiger partial charge in [-0.1, -0.05) is 0 Å². The van der Waals surface area contributed by atoms with Crippen molar-refractivity contribution < 1.29 is 34.4 Å². The van der Waals surface area contributed by atoms with Gasteiger partial charge in [0.2, 0.25) is 5.91 Å².